The SMILES string of the molecule is CCN(CC)c1ccc2c(c1)Oc1cc(N(CC)CC)ccc1C21c2ccccc2C(=O)N1c1ccccc1SC. The fourth-order valence-corrected chi connectivity index (χ4v) is 7.22. The molecule has 6 heteroatoms. The molecule has 0 aliphatic carbocycles. The van der Waals surface area contributed by atoms with Crippen molar-refractivity contribution in [2.24, 2.45) is 0 Å². The van der Waals surface area contributed by atoms with E-state index >= 15 is 0 Å². The molecule has 2 aliphatic heterocycles. The highest BCUT2D eigenvalue weighted by atomic mass is 32.2. The molecule has 1 spiro atoms. The quantitative estimate of drug-likeness (QED) is 0.202. The van der Waals surface area contributed by atoms with Crippen molar-refractivity contribution in [3.05, 3.63) is 107 Å². The van der Waals surface area contributed by atoms with Crippen molar-refractivity contribution < 1.29 is 9.53 Å². The zero-order chi connectivity index (χ0) is 28.7. The van der Waals surface area contributed by atoms with Crippen LogP contribution in [0, 0.1) is 0 Å². The Kier molecular flexibility index (Phi) is 7.20. The van der Waals surface area contributed by atoms with Gasteiger partial charge in [0.25, 0.3) is 5.91 Å². The fraction of sp³-hybridized carbons (Fsp3) is 0.286. The summed E-state index contributed by atoms with van der Waals surface area (Å²) in [5.41, 5.74) is 5.91. The Balaban J connectivity index is 1.72. The summed E-state index contributed by atoms with van der Waals surface area (Å²) in [6.45, 7) is 12.3. The first-order valence-electron chi connectivity index (χ1n) is 14.6. The van der Waals surface area contributed by atoms with Crippen LogP contribution in [-0.2, 0) is 5.54 Å². The number of carbonyl (C=O) groups excluding carboxylic acids is 1. The van der Waals surface area contributed by atoms with Crippen LogP contribution in [0.2, 0.25) is 0 Å². The Labute approximate surface area is 247 Å². The van der Waals surface area contributed by atoms with Crippen molar-refractivity contribution >= 4 is 34.7 Å². The standard InChI is InChI=1S/C35H37N3O2S/c1-6-36(7-2)24-18-20-28-31(22-24)40-32-23-25(37(8-3)9-4)19-21-29(32)35(28)27-15-11-10-14-26(27)34(39)38(35)30-16-12-13-17-33(30)41-5/h10-23H,6-9H2,1-5H3. The number of nitrogens with zero attached hydrogens (tertiary/aromatic N) is 3. The molecule has 5 nitrogen and oxygen atoms in total. The number of rotatable bonds is 8. The summed E-state index contributed by atoms with van der Waals surface area (Å²) in [6.07, 6.45) is 2.07. The molecule has 0 aromatic heterocycles. The minimum absolute atomic E-state index is 0.00142. The van der Waals surface area contributed by atoms with Crippen molar-refractivity contribution in [2.75, 3.05) is 47.1 Å². The highest BCUT2D eigenvalue weighted by Gasteiger charge is 2.57. The summed E-state index contributed by atoms with van der Waals surface area (Å²) in [5, 5.41) is 0. The van der Waals surface area contributed by atoms with E-state index in [1.54, 1.807) is 11.8 Å². The molecule has 2 heterocycles. The van der Waals surface area contributed by atoms with E-state index in [1.807, 2.05) is 35.2 Å². The molecule has 0 fully saturated rings. The Morgan fingerprint density at radius 2 is 1.24 bits per heavy atom. The average molecular weight is 564 g/mol. The van der Waals surface area contributed by atoms with E-state index in [2.05, 4.69) is 98.3 Å². The first-order chi connectivity index (χ1) is 20.0. The van der Waals surface area contributed by atoms with Crippen LogP contribution in [0.4, 0.5) is 17.1 Å². The molecule has 0 saturated heterocycles. The van der Waals surface area contributed by atoms with E-state index in [0.717, 1.165) is 81.9 Å². The lowest BCUT2D eigenvalue weighted by molar-refractivity contribution is 0.0985. The van der Waals surface area contributed by atoms with Crippen LogP contribution in [0.3, 0.4) is 0 Å². The normalized spacial score (nSPS) is 14.4. The number of hydrogen-bond acceptors (Lipinski definition) is 5. The molecule has 0 saturated carbocycles. The number of para-hydroxylation sites is 1. The molecule has 0 atom stereocenters. The number of thioether (sulfide) groups is 1. The predicted octanol–water partition coefficient (Wildman–Crippen LogP) is 8.16. The Bertz CT molecular complexity index is 1550. The van der Waals surface area contributed by atoms with Crippen molar-refractivity contribution in [1.82, 2.24) is 0 Å². The van der Waals surface area contributed by atoms with Gasteiger partial charge < -0.3 is 14.5 Å². The maximum atomic E-state index is 14.6. The third-order valence-corrected chi connectivity index (χ3v) is 9.38. The first-order valence-corrected chi connectivity index (χ1v) is 15.8. The maximum Gasteiger partial charge on any atom is 0.260 e. The van der Waals surface area contributed by atoms with Gasteiger partial charge in [0, 0.05) is 76.8 Å². The highest BCUT2D eigenvalue weighted by molar-refractivity contribution is 7.98. The van der Waals surface area contributed by atoms with E-state index in [-0.39, 0.29) is 5.91 Å². The number of benzene rings is 4. The number of carbonyl (C=O) groups is 1. The molecular formula is C35H37N3O2S. The van der Waals surface area contributed by atoms with Gasteiger partial charge in [0.05, 0.1) is 5.69 Å². The lowest BCUT2D eigenvalue weighted by atomic mass is 9.74. The number of amides is 1. The average Bonchev–Trinajstić information content (AvgIpc) is 3.26. The van der Waals surface area contributed by atoms with E-state index in [9.17, 15) is 4.79 Å². The van der Waals surface area contributed by atoms with E-state index in [4.69, 9.17) is 4.74 Å². The number of fused-ring (bicyclic) bond motifs is 6. The van der Waals surface area contributed by atoms with Crippen LogP contribution in [0.25, 0.3) is 0 Å². The van der Waals surface area contributed by atoms with Crippen LogP contribution >= 0.6 is 11.8 Å². The van der Waals surface area contributed by atoms with Gasteiger partial charge in [-0.1, -0.05) is 42.5 Å². The van der Waals surface area contributed by atoms with E-state index < -0.39 is 5.54 Å². The summed E-state index contributed by atoms with van der Waals surface area (Å²) in [6, 6.07) is 29.3. The summed E-state index contributed by atoms with van der Waals surface area (Å²) in [4.78, 5) is 22.3. The topological polar surface area (TPSA) is 36.0 Å². The zero-order valence-corrected chi connectivity index (χ0v) is 25.3. The first kappa shape index (κ1) is 27.3. The van der Waals surface area contributed by atoms with Crippen LogP contribution < -0.4 is 19.4 Å². The van der Waals surface area contributed by atoms with Crippen molar-refractivity contribution in [2.45, 2.75) is 38.1 Å². The predicted molar refractivity (Wildman–Crippen MR) is 171 cm³/mol. The molecule has 4 aromatic rings. The molecule has 2 aliphatic rings. The van der Waals surface area contributed by atoms with Gasteiger partial charge in [-0.2, -0.15) is 0 Å². The molecule has 0 radical (unpaired) electrons. The maximum absolute atomic E-state index is 14.6. The summed E-state index contributed by atoms with van der Waals surface area (Å²) < 4.78 is 6.82. The third-order valence-electron chi connectivity index (χ3n) is 8.60. The molecule has 6 rings (SSSR count). The summed E-state index contributed by atoms with van der Waals surface area (Å²) in [7, 11) is 0. The lowest BCUT2D eigenvalue weighted by Gasteiger charge is -2.45. The van der Waals surface area contributed by atoms with Gasteiger partial charge >= 0.3 is 0 Å². The number of hydrogen-bond donors (Lipinski definition) is 0. The lowest BCUT2D eigenvalue weighted by Crippen LogP contribution is -2.48. The fourth-order valence-electron chi connectivity index (χ4n) is 6.64. The number of ether oxygens (including phenoxy) is 1. The van der Waals surface area contributed by atoms with Gasteiger partial charge in [-0.25, -0.2) is 0 Å². The molecule has 0 unspecified atom stereocenters. The molecule has 41 heavy (non-hydrogen) atoms. The second-order valence-corrected chi connectivity index (χ2v) is 11.2. The van der Waals surface area contributed by atoms with Gasteiger partial charge in [-0.05, 0) is 64.3 Å². The summed E-state index contributed by atoms with van der Waals surface area (Å²) >= 11 is 1.66. The van der Waals surface area contributed by atoms with Crippen molar-refractivity contribution in [3.63, 3.8) is 0 Å². The van der Waals surface area contributed by atoms with Gasteiger partial charge in [0.15, 0.2) is 0 Å². The Morgan fingerprint density at radius 3 is 1.80 bits per heavy atom. The smallest absolute Gasteiger partial charge is 0.260 e. The molecule has 1 amide bonds. The number of anilines is 3. The van der Waals surface area contributed by atoms with E-state index in [1.165, 1.54) is 0 Å². The Hall–Kier alpha value is -3.90. The summed E-state index contributed by atoms with van der Waals surface area (Å²) in [5.74, 6) is 1.58. The van der Waals surface area contributed by atoms with Gasteiger partial charge in [0.2, 0.25) is 0 Å². The molecule has 4 aromatic carbocycles. The second-order valence-electron chi connectivity index (χ2n) is 10.4. The van der Waals surface area contributed by atoms with Crippen LogP contribution in [0.5, 0.6) is 11.5 Å². The van der Waals surface area contributed by atoms with Crippen molar-refractivity contribution in [1.29, 1.82) is 0 Å². The van der Waals surface area contributed by atoms with Crippen LogP contribution in [0.1, 0.15) is 54.7 Å². The second kappa shape index (κ2) is 10.8. The van der Waals surface area contributed by atoms with Gasteiger partial charge in [-0.15, -0.1) is 11.8 Å². The minimum Gasteiger partial charge on any atom is -0.456 e. The molecule has 0 bridgehead atoms. The van der Waals surface area contributed by atoms with E-state index in [0.29, 0.717) is 0 Å². The van der Waals surface area contributed by atoms with Crippen LogP contribution in [0.15, 0.2) is 89.8 Å². The van der Waals surface area contributed by atoms with Gasteiger partial charge in [-0.3, -0.25) is 9.69 Å². The van der Waals surface area contributed by atoms with Crippen LogP contribution in [-0.4, -0.2) is 38.3 Å². The molecule has 0 N–H and O–H groups in total. The zero-order valence-electron chi connectivity index (χ0n) is 24.5. The highest BCUT2D eigenvalue weighted by Crippen LogP contribution is 2.60. The minimum atomic E-state index is -0.883. The van der Waals surface area contributed by atoms with Crippen molar-refractivity contribution in [3.8, 4) is 11.5 Å². The Morgan fingerprint density at radius 1 is 0.707 bits per heavy atom. The monoisotopic (exact) mass is 563 g/mol. The molecular weight excluding hydrogens is 526 g/mol. The third kappa shape index (κ3) is 4.03. The van der Waals surface area contributed by atoms with Gasteiger partial charge in [0.1, 0.15) is 17.0 Å². The largest absolute Gasteiger partial charge is 0.456 e. The molecule has 210 valence electrons.